The van der Waals surface area contributed by atoms with E-state index in [1.54, 1.807) is 12.4 Å². The Labute approximate surface area is 60.5 Å². The highest BCUT2D eigenvalue weighted by Gasteiger charge is 1.93. The largest absolute Gasteiger partial charge is 0.386 e. The molecule has 0 radical (unpaired) electrons. The molecular weight excluding hydrogens is 126 g/mol. The lowest BCUT2D eigenvalue weighted by Gasteiger charge is -2.05. The molecular formula is C7H11N3. The Morgan fingerprint density at radius 1 is 1.20 bits per heavy atom. The molecule has 0 bridgehead atoms. The number of pyridine rings is 1. The molecule has 1 aromatic rings. The Morgan fingerprint density at radius 2 is 1.90 bits per heavy atom. The molecule has 0 amide bonds. The maximum atomic E-state index is 3.96. The van der Waals surface area contributed by atoms with E-state index in [2.05, 4.69) is 15.6 Å². The van der Waals surface area contributed by atoms with Gasteiger partial charge < -0.3 is 10.6 Å². The van der Waals surface area contributed by atoms with Gasteiger partial charge in [0.2, 0.25) is 0 Å². The number of hydrogen-bond donors (Lipinski definition) is 2. The van der Waals surface area contributed by atoms with Crippen molar-refractivity contribution in [3.63, 3.8) is 0 Å². The van der Waals surface area contributed by atoms with E-state index in [1.165, 1.54) is 0 Å². The van der Waals surface area contributed by atoms with Crippen molar-refractivity contribution >= 4 is 11.4 Å². The minimum absolute atomic E-state index is 1.02. The van der Waals surface area contributed by atoms with Gasteiger partial charge in [-0.15, -0.1) is 0 Å². The summed E-state index contributed by atoms with van der Waals surface area (Å²) in [7, 11) is 3.76. The fourth-order valence-electron chi connectivity index (χ4n) is 0.812. The van der Waals surface area contributed by atoms with Gasteiger partial charge in [-0.25, -0.2) is 0 Å². The summed E-state index contributed by atoms with van der Waals surface area (Å²) in [5.41, 5.74) is 2.09. The summed E-state index contributed by atoms with van der Waals surface area (Å²) in [4.78, 5) is 3.96. The van der Waals surface area contributed by atoms with Gasteiger partial charge in [0.05, 0.1) is 17.6 Å². The van der Waals surface area contributed by atoms with Crippen LogP contribution in [0.3, 0.4) is 0 Å². The quantitative estimate of drug-likeness (QED) is 0.642. The molecule has 2 N–H and O–H groups in total. The Balaban J connectivity index is 2.96. The van der Waals surface area contributed by atoms with Crippen LogP contribution in [0.5, 0.6) is 0 Å². The van der Waals surface area contributed by atoms with Crippen LogP contribution in [0.4, 0.5) is 11.4 Å². The molecule has 0 aromatic carbocycles. The van der Waals surface area contributed by atoms with E-state index in [1.807, 2.05) is 20.2 Å². The van der Waals surface area contributed by atoms with E-state index < -0.39 is 0 Å². The highest BCUT2D eigenvalue weighted by molar-refractivity contribution is 5.66. The molecule has 54 valence electrons. The fourth-order valence-corrected chi connectivity index (χ4v) is 0.812. The highest BCUT2D eigenvalue weighted by atomic mass is 14.9. The first-order valence-electron chi connectivity index (χ1n) is 3.18. The van der Waals surface area contributed by atoms with Gasteiger partial charge in [-0.3, -0.25) is 4.98 Å². The van der Waals surface area contributed by atoms with Gasteiger partial charge in [0.25, 0.3) is 0 Å². The third-order valence-electron chi connectivity index (χ3n) is 1.36. The second-order valence-corrected chi connectivity index (χ2v) is 1.92. The van der Waals surface area contributed by atoms with Crippen LogP contribution in [0.1, 0.15) is 0 Å². The van der Waals surface area contributed by atoms with Crippen molar-refractivity contribution in [2.45, 2.75) is 0 Å². The maximum absolute atomic E-state index is 3.96. The summed E-state index contributed by atoms with van der Waals surface area (Å²) in [6, 6.07) is 1.92. The van der Waals surface area contributed by atoms with Crippen molar-refractivity contribution < 1.29 is 0 Å². The third kappa shape index (κ3) is 1.18. The second-order valence-electron chi connectivity index (χ2n) is 1.92. The van der Waals surface area contributed by atoms with Crippen molar-refractivity contribution in [2.24, 2.45) is 0 Å². The topological polar surface area (TPSA) is 37.0 Å². The molecule has 0 saturated carbocycles. The maximum Gasteiger partial charge on any atom is 0.0759 e. The zero-order chi connectivity index (χ0) is 7.40. The van der Waals surface area contributed by atoms with Gasteiger partial charge in [0.15, 0.2) is 0 Å². The number of hydrogen-bond acceptors (Lipinski definition) is 3. The lowest BCUT2D eigenvalue weighted by Crippen LogP contribution is -1.96. The predicted octanol–water partition coefficient (Wildman–Crippen LogP) is 1.16. The van der Waals surface area contributed by atoms with Crippen LogP contribution in [-0.2, 0) is 0 Å². The SMILES string of the molecule is CNc1ccncc1NC. The van der Waals surface area contributed by atoms with Gasteiger partial charge in [-0.2, -0.15) is 0 Å². The number of rotatable bonds is 2. The van der Waals surface area contributed by atoms with Gasteiger partial charge in [0, 0.05) is 20.3 Å². The van der Waals surface area contributed by atoms with Crippen molar-refractivity contribution in [3.05, 3.63) is 18.5 Å². The summed E-state index contributed by atoms with van der Waals surface area (Å²) < 4.78 is 0. The Kier molecular flexibility index (Phi) is 2.10. The lowest BCUT2D eigenvalue weighted by atomic mass is 10.3. The number of anilines is 2. The molecule has 0 unspecified atom stereocenters. The van der Waals surface area contributed by atoms with Crippen LogP contribution in [-0.4, -0.2) is 19.1 Å². The van der Waals surface area contributed by atoms with E-state index in [9.17, 15) is 0 Å². The second kappa shape index (κ2) is 3.06. The van der Waals surface area contributed by atoms with Gasteiger partial charge >= 0.3 is 0 Å². The first-order chi connectivity index (χ1) is 4.88. The zero-order valence-corrected chi connectivity index (χ0v) is 6.18. The Hall–Kier alpha value is -1.25. The molecule has 0 aliphatic rings. The van der Waals surface area contributed by atoms with Crippen LogP contribution >= 0.6 is 0 Å². The van der Waals surface area contributed by atoms with Gasteiger partial charge in [-0.1, -0.05) is 0 Å². The van der Waals surface area contributed by atoms with Crippen LogP contribution in [0.2, 0.25) is 0 Å². The number of aromatic nitrogens is 1. The molecule has 1 aromatic heterocycles. The lowest BCUT2D eigenvalue weighted by molar-refractivity contribution is 1.30. The normalized spacial score (nSPS) is 9.00. The average Bonchev–Trinajstić information content (AvgIpc) is 2.04. The number of nitrogens with one attached hydrogen (secondary N) is 2. The molecule has 1 heterocycles. The summed E-state index contributed by atoms with van der Waals surface area (Å²) >= 11 is 0. The fraction of sp³-hybridized carbons (Fsp3) is 0.286. The summed E-state index contributed by atoms with van der Waals surface area (Å²) in [6.07, 6.45) is 3.54. The zero-order valence-electron chi connectivity index (χ0n) is 6.18. The predicted molar refractivity (Wildman–Crippen MR) is 43.3 cm³/mol. The molecule has 10 heavy (non-hydrogen) atoms. The highest BCUT2D eigenvalue weighted by Crippen LogP contribution is 2.16. The summed E-state index contributed by atoms with van der Waals surface area (Å²) in [6.45, 7) is 0. The third-order valence-corrected chi connectivity index (χ3v) is 1.36. The molecule has 3 heteroatoms. The van der Waals surface area contributed by atoms with Crippen LogP contribution in [0, 0.1) is 0 Å². The van der Waals surface area contributed by atoms with Crippen molar-refractivity contribution in [1.82, 2.24) is 4.98 Å². The standard InChI is InChI=1S/C7H11N3/c1-8-6-3-4-10-5-7(6)9-2/h3-5,9H,1-2H3,(H,8,10). The molecule has 0 aliphatic carbocycles. The summed E-state index contributed by atoms with van der Waals surface area (Å²) in [5, 5.41) is 6.07. The van der Waals surface area contributed by atoms with E-state index in [0.717, 1.165) is 11.4 Å². The molecule has 0 fully saturated rings. The van der Waals surface area contributed by atoms with E-state index >= 15 is 0 Å². The summed E-state index contributed by atoms with van der Waals surface area (Å²) in [5.74, 6) is 0. The molecule has 3 nitrogen and oxygen atoms in total. The van der Waals surface area contributed by atoms with E-state index in [4.69, 9.17) is 0 Å². The minimum Gasteiger partial charge on any atom is -0.386 e. The van der Waals surface area contributed by atoms with Crippen LogP contribution < -0.4 is 10.6 Å². The van der Waals surface area contributed by atoms with Crippen LogP contribution in [0.25, 0.3) is 0 Å². The molecule has 0 saturated heterocycles. The van der Waals surface area contributed by atoms with Crippen molar-refractivity contribution in [2.75, 3.05) is 24.7 Å². The van der Waals surface area contributed by atoms with Gasteiger partial charge in [-0.05, 0) is 6.07 Å². The smallest absolute Gasteiger partial charge is 0.0759 e. The monoisotopic (exact) mass is 137 g/mol. The van der Waals surface area contributed by atoms with Crippen LogP contribution in [0.15, 0.2) is 18.5 Å². The van der Waals surface area contributed by atoms with Crippen molar-refractivity contribution in [3.8, 4) is 0 Å². The molecule has 0 aliphatic heterocycles. The van der Waals surface area contributed by atoms with Gasteiger partial charge in [0.1, 0.15) is 0 Å². The van der Waals surface area contributed by atoms with E-state index in [-0.39, 0.29) is 0 Å². The first-order valence-corrected chi connectivity index (χ1v) is 3.18. The number of nitrogens with zero attached hydrogens (tertiary/aromatic N) is 1. The Bertz CT molecular complexity index is 187. The molecule has 0 atom stereocenters. The van der Waals surface area contributed by atoms with E-state index in [0.29, 0.717) is 0 Å². The minimum atomic E-state index is 1.02. The Morgan fingerprint density at radius 3 is 2.40 bits per heavy atom. The van der Waals surface area contributed by atoms with Crippen molar-refractivity contribution in [1.29, 1.82) is 0 Å². The average molecular weight is 137 g/mol. The molecule has 0 spiro atoms. The first kappa shape index (κ1) is 6.86. The molecule has 1 rings (SSSR count).